The van der Waals surface area contributed by atoms with E-state index in [1.54, 1.807) is 0 Å². The van der Waals surface area contributed by atoms with Gasteiger partial charge in [0.2, 0.25) is 0 Å². The van der Waals surface area contributed by atoms with Gasteiger partial charge in [-0.1, -0.05) is 48.6 Å². The van der Waals surface area contributed by atoms with Gasteiger partial charge in [-0.25, -0.2) is 0 Å². The molecule has 0 radical (unpaired) electrons. The molecule has 0 fully saturated rings. The molecule has 0 spiro atoms. The largest absolute Gasteiger partial charge is 0.463 e. The quantitative estimate of drug-likeness (QED) is 0.186. The predicted octanol–water partition coefficient (Wildman–Crippen LogP) is 4.57. The van der Waals surface area contributed by atoms with Gasteiger partial charge < -0.3 is 19.7 Å². The lowest BCUT2D eigenvalue weighted by Gasteiger charge is -2.10. The number of aliphatic hydroxyl groups is 2. The van der Waals surface area contributed by atoms with Crippen LogP contribution in [0.2, 0.25) is 0 Å². The Hall–Kier alpha value is -2.18. The van der Waals surface area contributed by atoms with E-state index >= 15 is 0 Å². The van der Waals surface area contributed by atoms with Crippen molar-refractivity contribution in [2.24, 2.45) is 0 Å². The lowest BCUT2D eigenvalue weighted by atomic mass is 10.1. The van der Waals surface area contributed by atoms with Gasteiger partial charge in [-0.15, -0.1) is 0 Å². The summed E-state index contributed by atoms with van der Waals surface area (Å²) in [4.78, 5) is 22.2. The monoisotopic (exact) mass is 436 g/mol. The summed E-state index contributed by atoms with van der Waals surface area (Å²) in [6.45, 7) is 2.74. The number of carbonyl (C=O) groups excluding carboxylic acids is 2. The van der Waals surface area contributed by atoms with Crippen LogP contribution in [0.15, 0.2) is 48.6 Å². The number of esters is 2. The van der Waals surface area contributed by atoms with Gasteiger partial charge in [-0.3, -0.25) is 9.59 Å². The van der Waals surface area contributed by atoms with Crippen LogP contribution in [0, 0.1) is 0 Å². The van der Waals surface area contributed by atoms with Gasteiger partial charge in [-0.2, -0.15) is 0 Å². The lowest BCUT2D eigenvalue weighted by molar-refractivity contribution is -0.151. The van der Waals surface area contributed by atoms with E-state index in [2.05, 4.69) is 47.3 Å². The van der Waals surface area contributed by atoms with E-state index in [0.717, 1.165) is 44.9 Å². The summed E-state index contributed by atoms with van der Waals surface area (Å²) >= 11 is 0. The van der Waals surface area contributed by atoms with E-state index in [0.29, 0.717) is 12.8 Å². The summed E-state index contributed by atoms with van der Waals surface area (Å²) in [5, 5.41) is 18.7. The fraction of sp³-hybridized carbons (Fsp3) is 0.600. The van der Waals surface area contributed by atoms with Gasteiger partial charge in [-0.05, 0) is 58.3 Å². The average Bonchev–Trinajstić information content (AvgIpc) is 2.72. The highest BCUT2D eigenvalue weighted by Gasteiger charge is 2.09. The van der Waals surface area contributed by atoms with Crippen LogP contribution in [-0.4, -0.2) is 47.6 Å². The highest BCUT2D eigenvalue weighted by atomic mass is 16.6. The molecule has 0 aliphatic heterocycles. The Kier molecular flexibility index (Phi) is 19.6. The number of ether oxygens (including phenoxy) is 2. The fourth-order valence-corrected chi connectivity index (χ4v) is 2.47. The first-order valence-corrected chi connectivity index (χ1v) is 11.2. The van der Waals surface area contributed by atoms with Crippen LogP contribution in [0.3, 0.4) is 0 Å². The minimum absolute atomic E-state index is 0.165. The summed E-state index contributed by atoms with van der Waals surface area (Å²) in [5.41, 5.74) is 0. The molecule has 0 saturated heterocycles. The van der Waals surface area contributed by atoms with Crippen molar-refractivity contribution in [2.75, 3.05) is 13.2 Å². The number of hydrogen-bond donors (Lipinski definition) is 2. The second-order valence-corrected chi connectivity index (χ2v) is 7.40. The molecule has 0 aliphatic carbocycles. The molecule has 0 aromatic carbocycles. The smallest absolute Gasteiger partial charge is 0.305 e. The Labute approximate surface area is 187 Å². The second-order valence-electron chi connectivity index (χ2n) is 7.40. The molecular weight excluding hydrogens is 396 g/mol. The molecule has 2 N–H and O–H groups in total. The maximum absolute atomic E-state index is 11.6. The van der Waals surface area contributed by atoms with Gasteiger partial charge in [0.25, 0.3) is 0 Å². The zero-order valence-electron chi connectivity index (χ0n) is 19.1. The topological polar surface area (TPSA) is 93.1 Å². The van der Waals surface area contributed by atoms with Crippen molar-refractivity contribution < 1.29 is 29.3 Å². The number of unbranched alkanes of at least 4 members (excludes halogenated alkanes) is 2. The van der Waals surface area contributed by atoms with E-state index < -0.39 is 12.1 Å². The number of rotatable bonds is 18. The van der Waals surface area contributed by atoms with E-state index in [4.69, 9.17) is 9.84 Å². The lowest BCUT2D eigenvalue weighted by Crippen LogP contribution is -2.24. The zero-order valence-corrected chi connectivity index (χ0v) is 19.1. The minimum atomic E-state index is -0.989. The first-order chi connectivity index (χ1) is 14.9. The summed E-state index contributed by atoms with van der Waals surface area (Å²) in [7, 11) is 0. The SMILES string of the molecule is CC(=O)OC[C@H](O)COC(=O)CCC/C=C\C/C=C\C/C=C\C/C=C\CCC[C@@H](C)O. The predicted molar refractivity (Wildman–Crippen MR) is 123 cm³/mol. The first kappa shape index (κ1) is 28.8. The highest BCUT2D eigenvalue weighted by molar-refractivity contribution is 5.69. The molecule has 0 saturated carbocycles. The maximum atomic E-state index is 11.6. The summed E-state index contributed by atoms with van der Waals surface area (Å²) < 4.78 is 9.56. The third-order valence-corrected chi connectivity index (χ3v) is 4.14. The van der Waals surface area contributed by atoms with Crippen molar-refractivity contribution in [3.05, 3.63) is 48.6 Å². The van der Waals surface area contributed by atoms with Gasteiger partial charge in [0.05, 0.1) is 6.10 Å². The molecule has 31 heavy (non-hydrogen) atoms. The fourth-order valence-electron chi connectivity index (χ4n) is 2.47. The molecule has 6 heteroatoms. The maximum Gasteiger partial charge on any atom is 0.305 e. The molecule has 0 heterocycles. The van der Waals surface area contributed by atoms with E-state index in [1.165, 1.54) is 6.92 Å². The Balaban J connectivity index is 3.57. The number of allylic oxidation sites excluding steroid dienone is 8. The van der Waals surface area contributed by atoms with Crippen molar-refractivity contribution in [3.63, 3.8) is 0 Å². The molecule has 0 bridgehead atoms. The number of hydrogen-bond acceptors (Lipinski definition) is 6. The van der Waals surface area contributed by atoms with Crippen LogP contribution in [0.4, 0.5) is 0 Å². The number of aliphatic hydroxyl groups excluding tert-OH is 2. The van der Waals surface area contributed by atoms with Crippen LogP contribution in [0.25, 0.3) is 0 Å². The average molecular weight is 437 g/mol. The molecule has 0 unspecified atom stereocenters. The van der Waals surface area contributed by atoms with Crippen molar-refractivity contribution in [1.82, 2.24) is 0 Å². The molecule has 0 rings (SSSR count). The van der Waals surface area contributed by atoms with Crippen LogP contribution in [0.5, 0.6) is 0 Å². The molecule has 2 atom stereocenters. The summed E-state index contributed by atoms with van der Waals surface area (Å²) in [6, 6.07) is 0. The van der Waals surface area contributed by atoms with Crippen LogP contribution in [0.1, 0.15) is 71.6 Å². The molecule has 0 aromatic heterocycles. The van der Waals surface area contributed by atoms with Crippen LogP contribution >= 0.6 is 0 Å². The van der Waals surface area contributed by atoms with Gasteiger partial charge in [0, 0.05) is 13.3 Å². The molecular formula is C25H40O6. The van der Waals surface area contributed by atoms with Gasteiger partial charge in [0.15, 0.2) is 0 Å². The second kappa shape index (κ2) is 21.1. The summed E-state index contributed by atoms with van der Waals surface area (Å²) in [5.74, 6) is -0.843. The Bertz CT molecular complexity index is 575. The molecule has 0 aromatic rings. The van der Waals surface area contributed by atoms with Crippen molar-refractivity contribution in [1.29, 1.82) is 0 Å². The Morgan fingerprint density at radius 3 is 1.77 bits per heavy atom. The van der Waals surface area contributed by atoms with E-state index in [1.807, 2.05) is 13.0 Å². The van der Waals surface area contributed by atoms with Gasteiger partial charge in [0.1, 0.15) is 19.3 Å². The molecule has 0 aliphatic rings. The van der Waals surface area contributed by atoms with E-state index in [9.17, 15) is 14.7 Å². The Morgan fingerprint density at radius 2 is 1.26 bits per heavy atom. The highest BCUT2D eigenvalue weighted by Crippen LogP contribution is 2.03. The normalized spacial score (nSPS) is 14.1. The third-order valence-electron chi connectivity index (χ3n) is 4.14. The van der Waals surface area contributed by atoms with Crippen molar-refractivity contribution >= 4 is 11.9 Å². The Morgan fingerprint density at radius 1 is 0.774 bits per heavy atom. The van der Waals surface area contributed by atoms with Crippen molar-refractivity contribution in [2.45, 2.75) is 83.8 Å². The standard InChI is InChI=1S/C25H40O6/c1-22(26)18-16-14-12-10-8-6-4-3-5-7-9-11-13-15-17-19-25(29)31-21-24(28)20-30-23(2)27/h4-7,10-13,22,24,26,28H,3,8-9,14-21H2,1-2H3/b6-4-,7-5-,12-10-,13-11-/t22-,24+/m1/s1. The minimum Gasteiger partial charge on any atom is -0.463 e. The molecule has 6 nitrogen and oxygen atoms in total. The summed E-state index contributed by atoms with van der Waals surface area (Å²) in [6.07, 6.45) is 23.2. The van der Waals surface area contributed by atoms with E-state index in [-0.39, 0.29) is 25.3 Å². The molecule has 0 amide bonds. The zero-order chi connectivity index (χ0) is 23.2. The molecule has 176 valence electrons. The first-order valence-electron chi connectivity index (χ1n) is 11.2. The number of carbonyl (C=O) groups is 2. The third kappa shape index (κ3) is 24.0. The van der Waals surface area contributed by atoms with Gasteiger partial charge >= 0.3 is 11.9 Å². The van der Waals surface area contributed by atoms with Crippen LogP contribution < -0.4 is 0 Å². The van der Waals surface area contributed by atoms with Crippen LogP contribution in [-0.2, 0) is 19.1 Å². The van der Waals surface area contributed by atoms with Crippen molar-refractivity contribution in [3.8, 4) is 0 Å².